The van der Waals surface area contributed by atoms with E-state index in [1.54, 1.807) is 32.6 Å². The van der Waals surface area contributed by atoms with Gasteiger partial charge in [0.25, 0.3) is 0 Å². The molecular weight excluding hydrogens is 376 g/mol. The summed E-state index contributed by atoms with van der Waals surface area (Å²) in [7, 11) is -1.69. The molecule has 1 heteroatoms. The number of benzene rings is 3. The molecule has 0 spiro atoms. The molecule has 1 heterocycles. The van der Waals surface area contributed by atoms with Crippen LogP contribution in [0.2, 0.25) is 13.1 Å². The van der Waals surface area contributed by atoms with E-state index in [4.69, 9.17) is 0 Å². The number of hydrogen-bond donors (Lipinski definition) is 0. The Morgan fingerprint density at radius 1 is 0.833 bits per heavy atom. The van der Waals surface area contributed by atoms with Crippen molar-refractivity contribution in [2.24, 2.45) is 0 Å². The van der Waals surface area contributed by atoms with E-state index in [9.17, 15) is 0 Å². The highest BCUT2D eigenvalue weighted by Gasteiger charge is 2.41. The van der Waals surface area contributed by atoms with Crippen LogP contribution < -0.4 is 10.4 Å². The summed E-state index contributed by atoms with van der Waals surface area (Å²) in [5.74, 6) is 0. The molecule has 4 aliphatic rings. The lowest BCUT2D eigenvalue weighted by molar-refractivity contribution is 0.935. The van der Waals surface area contributed by atoms with Gasteiger partial charge in [-0.2, -0.15) is 0 Å². The molecule has 0 amide bonds. The first-order valence-electron chi connectivity index (χ1n) is 11.5. The van der Waals surface area contributed by atoms with Gasteiger partial charge in [0, 0.05) is 0 Å². The second-order valence-electron chi connectivity index (χ2n) is 9.94. The molecule has 0 radical (unpaired) electrons. The Labute approximate surface area is 179 Å². The molecular formula is C29H26Si. The summed E-state index contributed by atoms with van der Waals surface area (Å²) in [6, 6.07) is 14.4. The summed E-state index contributed by atoms with van der Waals surface area (Å²) in [5, 5.41) is 6.34. The van der Waals surface area contributed by atoms with Crippen LogP contribution in [0.3, 0.4) is 0 Å². The summed E-state index contributed by atoms with van der Waals surface area (Å²) >= 11 is 0. The molecule has 0 atom stereocenters. The maximum absolute atomic E-state index is 2.57. The summed E-state index contributed by atoms with van der Waals surface area (Å²) in [6.07, 6.45) is 15.5. The van der Waals surface area contributed by atoms with Crippen LogP contribution in [-0.2, 0) is 12.8 Å². The normalized spacial score (nSPS) is 19.5. The third kappa shape index (κ3) is 2.02. The van der Waals surface area contributed by atoms with Gasteiger partial charge in [-0.15, -0.1) is 0 Å². The highest BCUT2D eigenvalue weighted by Crippen LogP contribution is 2.45. The molecule has 0 N–H and O–H groups in total. The van der Waals surface area contributed by atoms with Crippen molar-refractivity contribution >= 4 is 40.9 Å². The zero-order valence-electron chi connectivity index (χ0n) is 17.8. The standard InChI is InChI=1S/C29H26Si/c1-30(2)27-14-8-7-13-23(27)28-26-16-19-15-18-9-3-4-10-20(18)24(19)17-25(26)21-11-5-6-12-22(21)29(28)30/h4-5,7-8,10-11,13-14,16-17H,3,6,9,12,15H2,1-2H3. The molecule has 0 unspecified atom stereocenters. The maximum atomic E-state index is 2.57. The van der Waals surface area contributed by atoms with E-state index in [1.165, 1.54) is 58.7 Å². The molecule has 3 aromatic rings. The van der Waals surface area contributed by atoms with Gasteiger partial charge in [-0.3, -0.25) is 0 Å². The largest absolute Gasteiger partial charge is 0.114 e. The number of allylic oxidation sites excluding steroid dienone is 5. The lowest BCUT2D eigenvalue weighted by Gasteiger charge is -2.27. The molecule has 1 aliphatic heterocycles. The highest BCUT2D eigenvalue weighted by molar-refractivity contribution is 7.04. The molecule has 0 aromatic heterocycles. The van der Waals surface area contributed by atoms with E-state index in [0.717, 1.165) is 6.42 Å². The molecule has 0 bridgehead atoms. The van der Waals surface area contributed by atoms with Gasteiger partial charge in [0.2, 0.25) is 0 Å². The lowest BCUT2D eigenvalue weighted by atomic mass is 9.85. The van der Waals surface area contributed by atoms with Gasteiger partial charge in [0.1, 0.15) is 8.07 Å². The van der Waals surface area contributed by atoms with E-state index in [0.29, 0.717) is 0 Å². The van der Waals surface area contributed by atoms with Crippen molar-refractivity contribution in [1.29, 1.82) is 0 Å². The minimum Gasteiger partial charge on any atom is -0.0836 e. The van der Waals surface area contributed by atoms with Crippen LogP contribution in [0.4, 0.5) is 0 Å². The van der Waals surface area contributed by atoms with Gasteiger partial charge < -0.3 is 0 Å². The Balaban J connectivity index is 1.64. The molecule has 146 valence electrons. The first-order chi connectivity index (χ1) is 14.6. The minimum atomic E-state index is -1.69. The predicted octanol–water partition coefficient (Wildman–Crippen LogP) is 6.26. The van der Waals surface area contributed by atoms with Crippen LogP contribution in [0.1, 0.15) is 41.5 Å². The van der Waals surface area contributed by atoms with Crippen molar-refractivity contribution in [1.82, 2.24) is 0 Å². The number of fused-ring (bicyclic) bond motifs is 10. The second-order valence-corrected chi connectivity index (χ2v) is 14.2. The quantitative estimate of drug-likeness (QED) is 0.389. The monoisotopic (exact) mass is 402 g/mol. The third-order valence-electron chi connectivity index (χ3n) is 7.99. The van der Waals surface area contributed by atoms with Gasteiger partial charge in [-0.05, 0) is 104 Å². The highest BCUT2D eigenvalue weighted by atomic mass is 28.3. The van der Waals surface area contributed by atoms with Gasteiger partial charge >= 0.3 is 0 Å². The van der Waals surface area contributed by atoms with Crippen molar-refractivity contribution in [3.63, 3.8) is 0 Å². The number of hydrogen-bond acceptors (Lipinski definition) is 0. The van der Waals surface area contributed by atoms with Crippen LogP contribution >= 0.6 is 0 Å². The molecule has 7 rings (SSSR count). The van der Waals surface area contributed by atoms with E-state index in [-0.39, 0.29) is 0 Å². The fourth-order valence-electron chi connectivity index (χ4n) is 6.69. The molecule has 0 fully saturated rings. The van der Waals surface area contributed by atoms with Crippen molar-refractivity contribution in [2.45, 2.75) is 45.2 Å². The fourth-order valence-corrected chi connectivity index (χ4v) is 10.3. The Morgan fingerprint density at radius 2 is 1.67 bits per heavy atom. The Morgan fingerprint density at radius 3 is 2.60 bits per heavy atom. The van der Waals surface area contributed by atoms with Crippen LogP contribution in [0.25, 0.3) is 33.5 Å². The van der Waals surface area contributed by atoms with Crippen LogP contribution in [-0.4, -0.2) is 8.07 Å². The molecule has 30 heavy (non-hydrogen) atoms. The second kappa shape index (κ2) is 5.74. The molecule has 0 saturated carbocycles. The topological polar surface area (TPSA) is 0 Å². The molecule has 0 nitrogen and oxygen atoms in total. The Bertz CT molecular complexity index is 1380. The Hall–Kier alpha value is -2.64. The zero-order chi connectivity index (χ0) is 20.0. The molecule has 0 saturated heterocycles. The predicted molar refractivity (Wildman–Crippen MR) is 132 cm³/mol. The van der Waals surface area contributed by atoms with Crippen molar-refractivity contribution < 1.29 is 0 Å². The van der Waals surface area contributed by atoms with Gasteiger partial charge in [-0.25, -0.2) is 0 Å². The van der Waals surface area contributed by atoms with Crippen LogP contribution in [0.5, 0.6) is 0 Å². The zero-order valence-corrected chi connectivity index (χ0v) is 18.8. The molecule has 3 aromatic carbocycles. The van der Waals surface area contributed by atoms with E-state index >= 15 is 0 Å². The molecule has 3 aliphatic carbocycles. The number of rotatable bonds is 0. The van der Waals surface area contributed by atoms with Crippen LogP contribution in [0, 0.1) is 0 Å². The first kappa shape index (κ1) is 17.1. The van der Waals surface area contributed by atoms with E-state index < -0.39 is 8.07 Å². The summed E-state index contributed by atoms with van der Waals surface area (Å²) in [4.78, 5) is 0. The summed E-state index contributed by atoms with van der Waals surface area (Å²) < 4.78 is 0. The van der Waals surface area contributed by atoms with Gasteiger partial charge in [0.15, 0.2) is 0 Å². The van der Waals surface area contributed by atoms with Crippen molar-refractivity contribution in [2.75, 3.05) is 0 Å². The maximum Gasteiger partial charge on any atom is 0.114 e. The van der Waals surface area contributed by atoms with Gasteiger partial charge in [0.05, 0.1) is 0 Å². The average molecular weight is 403 g/mol. The SMILES string of the molecule is C[Si]1(C)c2ccccc2-c2c1c1c(c3cc4c(cc23)CC2=C4C=CCC2)C=CCC1. The third-order valence-corrected chi connectivity index (χ3v) is 11.6. The van der Waals surface area contributed by atoms with Crippen molar-refractivity contribution in [3.8, 4) is 11.1 Å². The summed E-state index contributed by atoms with van der Waals surface area (Å²) in [5.41, 5.74) is 12.5. The van der Waals surface area contributed by atoms with Crippen molar-refractivity contribution in [3.05, 3.63) is 82.5 Å². The lowest BCUT2D eigenvalue weighted by Crippen LogP contribution is -2.51. The Kier molecular flexibility index (Phi) is 3.27. The van der Waals surface area contributed by atoms with E-state index in [2.05, 4.69) is 73.8 Å². The first-order valence-corrected chi connectivity index (χ1v) is 14.5. The van der Waals surface area contributed by atoms with Crippen LogP contribution in [0.15, 0.2) is 60.2 Å². The minimum absolute atomic E-state index is 1.15. The average Bonchev–Trinajstić information content (AvgIpc) is 3.25. The smallest absolute Gasteiger partial charge is 0.0836 e. The summed E-state index contributed by atoms with van der Waals surface area (Å²) in [6.45, 7) is 5.14. The van der Waals surface area contributed by atoms with Gasteiger partial charge in [-0.1, -0.05) is 67.2 Å². The van der Waals surface area contributed by atoms with E-state index in [1.807, 2.05) is 0 Å². The fraction of sp³-hybridized carbons (Fsp3) is 0.241.